The molecule has 0 N–H and O–H groups in total. The summed E-state index contributed by atoms with van der Waals surface area (Å²) in [5.74, 6) is -0.00921. The van der Waals surface area contributed by atoms with Crippen molar-refractivity contribution < 1.29 is 23.8 Å². The lowest BCUT2D eigenvalue weighted by Gasteiger charge is -2.35. The zero-order valence-corrected chi connectivity index (χ0v) is 12.6. The average molecular weight is 284 g/mol. The highest BCUT2D eigenvalue weighted by Crippen LogP contribution is 2.58. The Hall–Kier alpha value is -1.10. The first-order chi connectivity index (χ1) is 9.52. The monoisotopic (exact) mass is 284 g/mol. The summed E-state index contributed by atoms with van der Waals surface area (Å²) in [7, 11) is 1.38. The molecule has 5 nitrogen and oxygen atoms in total. The van der Waals surface area contributed by atoms with Crippen LogP contribution in [0, 0.1) is 35.5 Å². The number of carbonyl (C=O) groups is 2. The van der Waals surface area contributed by atoms with Gasteiger partial charge in [0.05, 0.1) is 18.9 Å². The van der Waals surface area contributed by atoms with Crippen LogP contribution in [0.15, 0.2) is 0 Å². The fraction of sp³-hybridized carbons (Fsp3) is 0.867. The molecule has 2 aliphatic rings. The van der Waals surface area contributed by atoms with E-state index in [1.807, 2.05) is 6.92 Å². The van der Waals surface area contributed by atoms with E-state index in [2.05, 4.69) is 13.8 Å². The molecule has 0 aromatic heterocycles. The molecule has 5 heteroatoms. The lowest BCUT2D eigenvalue weighted by molar-refractivity contribution is -0.172. The Labute approximate surface area is 120 Å². The minimum atomic E-state index is -0.376. The Morgan fingerprint density at radius 3 is 2.10 bits per heavy atom. The van der Waals surface area contributed by atoms with Crippen molar-refractivity contribution >= 4 is 11.9 Å². The number of carbonyl (C=O) groups excluding carboxylic acids is 2. The first-order valence-electron chi connectivity index (χ1n) is 7.35. The molecule has 2 bridgehead atoms. The summed E-state index contributed by atoms with van der Waals surface area (Å²) in [5.41, 5.74) is 0. The van der Waals surface area contributed by atoms with Crippen molar-refractivity contribution in [3.8, 4) is 0 Å². The molecule has 0 heterocycles. The minimum Gasteiger partial charge on any atom is -0.469 e. The van der Waals surface area contributed by atoms with Gasteiger partial charge in [-0.15, -0.1) is 0 Å². The minimum absolute atomic E-state index is 0.0406. The summed E-state index contributed by atoms with van der Waals surface area (Å²) in [6.07, 6.45) is 0.913. The number of ether oxygens (including phenoxy) is 3. The molecule has 0 radical (unpaired) electrons. The molecule has 2 aliphatic carbocycles. The van der Waals surface area contributed by atoms with Gasteiger partial charge in [-0.1, -0.05) is 13.8 Å². The molecule has 0 spiro atoms. The fourth-order valence-corrected chi connectivity index (χ4v) is 4.06. The third-order valence-corrected chi connectivity index (χ3v) is 5.27. The van der Waals surface area contributed by atoms with E-state index >= 15 is 0 Å². The maximum atomic E-state index is 12.3. The summed E-state index contributed by atoms with van der Waals surface area (Å²) < 4.78 is 15.1. The predicted octanol–water partition coefficient (Wildman–Crippen LogP) is 1.85. The molecule has 2 fully saturated rings. The van der Waals surface area contributed by atoms with Gasteiger partial charge in [0.25, 0.3) is 0 Å². The Bertz CT molecular complexity index is 380. The normalized spacial score (nSPS) is 38.8. The molecule has 6 atom stereocenters. The van der Waals surface area contributed by atoms with E-state index in [-0.39, 0.29) is 42.4 Å². The second-order valence-electron chi connectivity index (χ2n) is 5.93. The van der Waals surface area contributed by atoms with E-state index < -0.39 is 0 Å². The second kappa shape index (κ2) is 6.12. The third-order valence-electron chi connectivity index (χ3n) is 5.27. The molecule has 0 saturated heterocycles. The zero-order valence-electron chi connectivity index (χ0n) is 12.6. The second-order valence-corrected chi connectivity index (χ2v) is 5.93. The summed E-state index contributed by atoms with van der Waals surface area (Å²) in [5, 5.41) is 0. The number of hydrogen-bond donors (Lipinski definition) is 0. The van der Waals surface area contributed by atoms with Crippen LogP contribution in [0.25, 0.3) is 0 Å². The van der Waals surface area contributed by atoms with Crippen LogP contribution >= 0.6 is 0 Å². The van der Waals surface area contributed by atoms with Crippen LogP contribution in [0.2, 0.25) is 0 Å². The van der Waals surface area contributed by atoms with Crippen LogP contribution in [-0.2, 0) is 23.8 Å². The van der Waals surface area contributed by atoms with Crippen molar-refractivity contribution in [2.24, 2.45) is 35.5 Å². The van der Waals surface area contributed by atoms with E-state index in [9.17, 15) is 9.59 Å². The number of esters is 2. The zero-order chi connectivity index (χ0) is 14.9. The Morgan fingerprint density at radius 2 is 1.60 bits per heavy atom. The largest absolute Gasteiger partial charge is 0.469 e. The van der Waals surface area contributed by atoms with Gasteiger partial charge in [0.2, 0.25) is 0 Å². The SMILES string of the molecule is CCOCOC(=O)C1C2CC(C(C)C2C)C1C(=O)OC. The molecule has 2 rings (SSSR count). The van der Waals surface area contributed by atoms with E-state index in [1.165, 1.54) is 7.11 Å². The third kappa shape index (κ3) is 2.43. The summed E-state index contributed by atoms with van der Waals surface area (Å²) in [6.45, 7) is 6.62. The van der Waals surface area contributed by atoms with Gasteiger partial charge >= 0.3 is 11.9 Å². The van der Waals surface area contributed by atoms with Crippen molar-refractivity contribution in [1.82, 2.24) is 0 Å². The standard InChI is InChI=1S/C15H24O5/c1-5-19-7-20-15(17)13-11-6-10(8(2)9(11)3)12(13)14(16)18-4/h8-13H,5-7H2,1-4H3. The van der Waals surface area contributed by atoms with Crippen molar-refractivity contribution in [2.45, 2.75) is 27.2 Å². The number of methoxy groups -OCH3 is 1. The van der Waals surface area contributed by atoms with Crippen LogP contribution < -0.4 is 0 Å². The van der Waals surface area contributed by atoms with Gasteiger partial charge in [-0.2, -0.15) is 0 Å². The van der Waals surface area contributed by atoms with E-state index in [0.29, 0.717) is 18.4 Å². The van der Waals surface area contributed by atoms with Crippen LogP contribution in [0.1, 0.15) is 27.2 Å². The maximum absolute atomic E-state index is 12.3. The first-order valence-corrected chi connectivity index (χ1v) is 7.35. The summed E-state index contributed by atoms with van der Waals surface area (Å²) in [6, 6.07) is 0. The predicted molar refractivity (Wildman–Crippen MR) is 71.5 cm³/mol. The van der Waals surface area contributed by atoms with Gasteiger partial charge in [0.15, 0.2) is 6.79 Å². The fourth-order valence-electron chi connectivity index (χ4n) is 4.06. The van der Waals surface area contributed by atoms with E-state index in [0.717, 1.165) is 6.42 Å². The van der Waals surface area contributed by atoms with Crippen molar-refractivity contribution in [3.05, 3.63) is 0 Å². The first kappa shape index (κ1) is 15.3. The molecule has 0 aliphatic heterocycles. The van der Waals surface area contributed by atoms with Crippen LogP contribution in [0.5, 0.6) is 0 Å². The summed E-state index contributed by atoms with van der Waals surface area (Å²) >= 11 is 0. The molecule has 6 unspecified atom stereocenters. The van der Waals surface area contributed by atoms with Gasteiger partial charge < -0.3 is 14.2 Å². The number of fused-ring (bicyclic) bond motifs is 2. The van der Waals surface area contributed by atoms with Crippen molar-refractivity contribution in [1.29, 1.82) is 0 Å². The van der Waals surface area contributed by atoms with Gasteiger partial charge in [-0.25, -0.2) is 0 Å². The lowest BCUT2D eigenvalue weighted by Crippen LogP contribution is -2.42. The van der Waals surface area contributed by atoms with E-state index in [4.69, 9.17) is 14.2 Å². The molecule has 0 aromatic rings. The summed E-state index contributed by atoms with van der Waals surface area (Å²) in [4.78, 5) is 24.3. The maximum Gasteiger partial charge on any atom is 0.312 e. The Kier molecular flexibility index (Phi) is 4.68. The van der Waals surface area contributed by atoms with Crippen LogP contribution in [0.4, 0.5) is 0 Å². The lowest BCUT2D eigenvalue weighted by atomic mass is 9.69. The van der Waals surface area contributed by atoms with Gasteiger partial charge in [0.1, 0.15) is 0 Å². The quantitative estimate of drug-likeness (QED) is 0.438. The molecule has 114 valence electrons. The highest BCUT2D eigenvalue weighted by atomic mass is 16.7. The van der Waals surface area contributed by atoms with Crippen LogP contribution in [-0.4, -0.2) is 32.4 Å². The van der Waals surface area contributed by atoms with Gasteiger partial charge in [0, 0.05) is 6.61 Å². The highest BCUT2D eigenvalue weighted by Gasteiger charge is 2.60. The average Bonchev–Trinajstić information content (AvgIpc) is 2.96. The Balaban J connectivity index is 2.12. The van der Waals surface area contributed by atoms with Crippen molar-refractivity contribution in [3.63, 3.8) is 0 Å². The molecule has 20 heavy (non-hydrogen) atoms. The molecule has 2 saturated carbocycles. The van der Waals surface area contributed by atoms with Crippen molar-refractivity contribution in [2.75, 3.05) is 20.5 Å². The molecular formula is C15H24O5. The van der Waals surface area contributed by atoms with Gasteiger partial charge in [-0.05, 0) is 37.0 Å². The van der Waals surface area contributed by atoms with Crippen LogP contribution in [0.3, 0.4) is 0 Å². The Morgan fingerprint density at radius 1 is 1.05 bits per heavy atom. The number of rotatable bonds is 5. The topological polar surface area (TPSA) is 61.8 Å². The highest BCUT2D eigenvalue weighted by molar-refractivity contribution is 5.83. The molecular weight excluding hydrogens is 260 g/mol. The molecule has 0 amide bonds. The smallest absolute Gasteiger partial charge is 0.312 e. The molecule has 0 aromatic carbocycles. The van der Waals surface area contributed by atoms with Gasteiger partial charge in [-0.3, -0.25) is 9.59 Å². The van der Waals surface area contributed by atoms with E-state index in [1.54, 1.807) is 0 Å². The number of hydrogen-bond acceptors (Lipinski definition) is 5.